The molecule has 0 fully saturated rings. The van der Waals surface area contributed by atoms with Crippen LogP contribution >= 0.6 is 11.6 Å². The number of rotatable bonds is 7. The number of hydrogen-bond acceptors (Lipinski definition) is 4. The van der Waals surface area contributed by atoms with Crippen molar-refractivity contribution in [3.05, 3.63) is 23.2 Å². The van der Waals surface area contributed by atoms with Gasteiger partial charge in [0.05, 0.1) is 5.69 Å². The monoisotopic (exact) mass is 292 g/mol. The Morgan fingerprint density at radius 3 is 2.67 bits per heavy atom. The van der Waals surface area contributed by atoms with Crippen molar-refractivity contribution in [2.24, 2.45) is 0 Å². The molecule has 0 amide bonds. The highest BCUT2D eigenvalue weighted by Gasteiger charge is 2.17. The first-order valence-corrected chi connectivity index (χ1v) is 7.49. The molecule has 0 saturated carbocycles. The van der Waals surface area contributed by atoms with Crippen molar-refractivity contribution in [3.63, 3.8) is 0 Å². The predicted octanol–water partition coefficient (Wildman–Crippen LogP) is 1.36. The smallest absolute Gasteiger partial charge is 0.242 e. The molecule has 0 bridgehead atoms. The van der Waals surface area contributed by atoms with Crippen LogP contribution in [-0.2, 0) is 10.0 Å². The van der Waals surface area contributed by atoms with Crippen molar-refractivity contribution >= 4 is 27.3 Å². The first-order valence-electron chi connectivity index (χ1n) is 5.63. The summed E-state index contributed by atoms with van der Waals surface area (Å²) in [6.07, 6.45) is 2.10. The summed E-state index contributed by atoms with van der Waals surface area (Å²) in [5, 5.41) is 8.92. The van der Waals surface area contributed by atoms with E-state index in [0.29, 0.717) is 24.4 Å². The molecule has 1 rings (SSSR count). The minimum atomic E-state index is -3.62. The van der Waals surface area contributed by atoms with Gasteiger partial charge < -0.3 is 10.8 Å². The minimum absolute atomic E-state index is 0.00263. The number of nitrogens with two attached hydrogens (primary N) is 1. The number of nitrogens with one attached hydrogen (secondary N) is 1. The number of aliphatic hydroxyl groups is 1. The third kappa shape index (κ3) is 4.45. The summed E-state index contributed by atoms with van der Waals surface area (Å²) in [7, 11) is -3.62. The summed E-state index contributed by atoms with van der Waals surface area (Å²) in [6.45, 7) is 0.433. The number of sulfonamides is 1. The van der Waals surface area contributed by atoms with E-state index in [4.69, 9.17) is 22.4 Å². The molecule has 1 aromatic rings. The van der Waals surface area contributed by atoms with Crippen molar-refractivity contribution in [2.75, 3.05) is 18.9 Å². The van der Waals surface area contributed by atoms with Gasteiger partial charge in [-0.2, -0.15) is 0 Å². The second-order valence-electron chi connectivity index (χ2n) is 3.86. The zero-order chi connectivity index (χ0) is 13.6. The maximum atomic E-state index is 11.9. The normalized spacial score (nSPS) is 11.7. The number of unbranched alkanes of at least 4 members (excludes halogenated alkanes) is 2. The first-order chi connectivity index (χ1) is 8.47. The third-order valence-corrected chi connectivity index (χ3v) is 4.14. The van der Waals surface area contributed by atoms with Crippen LogP contribution in [0.1, 0.15) is 19.3 Å². The first kappa shape index (κ1) is 15.2. The van der Waals surface area contributed by atoms with Gasteiger partial charge in [-0.15, -0.1) is 0 Å². The minimum Gasteiger partial charge on any atom is -0.398 e. The molecule has 0 aliphatic carbocycles. The highest BCUT2D eigenvalue weighted by atomic mass is 35.5. The highest BCUT2D eigenvalue weighted by Crippen LogP contribution is 2.22. The van der Waals surface area contributed by atoms with Crippen molar-refractivity contribution < 1.29 is 13.5 Å². The second kappa shape index (κ2) is 6.94. The van der Waals surface area contributed by atoms with Gasteiger partial charge in [-0.05, 0) is 37.5 Å². The van der Waals surface area contributed by atoms with Crippen LogP contribution in [0.15, 0.2) is 23.1 Å². The van der Waals surface area contributed by atoms with Gasteiger partial charge in [0.1, 0.15) is 4.90 Å². The van der Waals surface area contributed by atoms with Crippen LogP contribution < -0.4 is 10.5 Å². The Bertz CT molecular complexity index is 491. The SMILES string of the molecule is Nc1ccc(Cl)cc1S(=O)(=O)NCCCCCO. The van der Waals surface area contributed by atoms with E-state index in [0.717, 1.165) is 6.42 Å². The molecular weight excluding hydrogens is 276 g/mol. The Hall–Kier alpha value is -0.820. The molecule has 0 atom stereocenters. The number of hydrogen-bond donors (Lipinski definition) is 3. The fourth-order valence-corrected chi connectivity index (χ4v) is 2.90. The van der Waals surface area contributed by atoms with E-state index in [1.54, 1.807) is 0 Å². The van der Waals surface area contributed by atoms with E-state index in [-0.39, 0.29) is 17.2 Å². The molecule has 0 aliphatic heterocycles. The average molecular weight is 293 g/mol. The number of anilines is 1. The van der Waals surface area contributed by atoms with Crippen molar-refractivity contribution in [1.82, 2.24) is 4.72 Å². The van der Waals surface area contributed by atoms with Gasteiger partial charge in [0, 0.05) is 18.2 Å². The zero-order valence-corrected chi connectivity index (χ0v) is 11.5. The fraction of sp³-hybridized carbons (Fsp3) is 0.455. The zero-order valence-electron chi connectivity index (χ0n) is 9.89. The van der Waals surface area contributed by atoms with Crippen LogP contribution in [0.5, 0.6) is 0 Å². The Morgan fingerprint density at radius 1 is 1.28 bits per heavy atom. The van der Waals surface area contributed by atoms with Crippen LogP contribution in [0, 0.1) is 0 Å². The van der Waals surface area contributed by atoms with E-state index in [1.807, 2.05) is 0 Å². The summed E-state index contributed by atoms with van der Waals surface area (Å²) >= 11 is 5.75. The largest absolute Gasteiger partial charge is 0.398 e. The van der Waals surface area contributed by atoms with Gasteiger partial charge in [-0.1, -0.05) is 11.6 Å². The Labute approximate surface area is 112 Å². The Balaban J connectivity index is 2.66. The summed E-state index contributed by atoms with van der Waals surface area (Å²) in [6, 6.07) is 4.33. The lowest BCUT2D eigenvalue weighted by Gasteiger charge is -2.09. The number of halogens is 1. The number of aliphatic hydroxyl groups excluding tert-OH is 1. The molecule has 0 aromatic heterocycles. The molecule has 1 aromatic carbocycles. The second-order valence-corrected chi connectivity index (χ2v) is 6.04. The van der Waals surface area contributed by atoms with Gasteiger partial charge in [-0.25, -0.2) is 13.1 Å². The molecule has 0 saturated heterocycles. The molecule has 0 aliphatic rings. The summed E-state index contributed by atoms with van der Waals surface area (Å²) in [4.78, 5) is -0.00263. The third-order valence-electron chi connectivity index (χ3n) is 2.39. The molecule has 5 nitrogen and oxygen atoms in total. The molecule has 0 heterocycles. The molecule has 0 radical (unpaired) electrons. The lowest BCUT2D eigenvalue weighted by Crippen LogP contribution is -2.25. The van der Waals surface area contributed by atoms with Crippen LogP contribution in [0.4, 0.5) is 5.69 Å². The molecular formula is C11H17ClN2O3S. The lowest BCUT2D eigenvalue weighted by atomic mass is 10.2. The van der Waals surface area contributed by atoms with Gasteiger partial charge in [0.25, 0.3) is 0 Å². The van der Waals surface area contributed by atoms with E-state index >= 15 is 0 Å². The maximum absolute atomic E-state index is 11.9. The molecule has 102 valence electrons. The quantitative estimate of drug-likeness (QED) is 0.523. The van der Waals surface area contributed by atoms with Crippen molar-refractivity contribution in [3.8, 4) is 0 Å². The molecule has 7 heteroatoms. The van der Waals surface area contributed by atoms with Crippen LogP contribution in [0.2, 0.25) is 5.02 Å². The van der Waals surface area contributed by atoms with E-state index in [1.165, 1.54) is 18.2 Å². The van der Waals surface area contributed by atoms with Crippen molar-refractivity contribution in [2.45, 2.75) is 24.2 Å². The number of nitrogen functional groups attached to an aromatic ring is 1. The van der Waals surface area contributed by atoms with E-state index in [9.17, 15) is 8.42 Å². The van der Waals surface area contributed by atoms with E-state index in [2.05, 4.69) is 4.72 Å². The molecule has 18 heavy (non-hydrogen) atoms. The van der Waals surface area contributed by atoms with E-state index < -0.39 is 10.0 Å². The summed E-state index contributed by atoms with van der Waals surface area (Å²) in [5.74, 6) is 0. The van der Waals surface area contributed by atoms with Gasteiger partial charge in [0.15, 0.2) is 0 Å². The lowest BCUT2D eigenvalue weighted by molar-refractivity contribution is 0.283. The maximum Gasteiger partial charge on any atom is 0.242 e. The van der Waals surface area contributed by atoms with Crippen LogP contribution in [-0.4, -0.2) is 26.7 Å². The topological polar surface area (TPSA) is 92.4 Å². The predicted molar refractivity (Wildman–Crippen MR) is 72.0 cm³/mol. The summed E-state index contributed by atoms with van der Waals surface area (Å²) < 4.78 is 26.3. The standard InChI is InChI=1S/C11H17ClN2O3S/c12-9-4-5-10(13)11(8-9)18(16,17)14-6-2-1-3-7-15/h4-5,8,14-15H,1-3,6-7,13H2. The number of benzene rings is 1. The van der Waals surface area contributed by atoms with Gasteiger partial charge >= 0.3 is 0 Å². The van der Waals surface area contributed by atoms with Gasteiger partial charge in [-0.3, -0.25) is 0 Å². The molecule has 0 unspecified atom stereocenters. The Morgan fingerprint density at radius 2 is 2.00 bits per heavy atom. The fourth-order valence-electron chi connectivity index (χ4n) is 1.44. The van der Waals surface area contributed by atoms with Crippen LogP contribution in [0.25, 0.3) is 0 Å². The van der Waals surface area contributed by atoms with Crippen LogP contribution in [0.3, 0.4) is 0 Å². The highest BCUT2D eigenvalue weighted by molar-refractivity contribution is 7.89. The van der Waals surface area contributed by atoms with Crippen molar-refractivity contribution in [1.29, 1.82) is 0 Å². The Kier molecular flexibility index (Phi) is 5.87. The molecule has 0 spiro atoms. The van der Waals surface area contributed by atoms with Gasteiger partial charge in [0.2, 0.25) is 10.0 Å². The molecule has 4 N–H and O–H groups in total. The summed E-state index contributed by atoms with van der Waals surface area (Å²) in [5.41, 5.74) is 5.79. The average Bonchev–Trinajstić information content (AvgIpc) is 2.32.